The van der Waals surface area contributed by atoms with E-state index in [4.69, 9.17) is 28.9 Å². The van der Waals surface area contributed by atoms with Gasteiger partial charge in [0, 0.05) is 34.1 Å². The van der Waals surface area contributed by atoms with Gasteiger partial charge in [0.25, 0.3) is 0 Å². The van der Waals surface area contributed by atoms with E-state index >= 15 is 0 Å². The summed E-state index contributed by atoms with van der Waals surface area (Å²) >= 11 is 12.0. The smallest absolute Gasteiger partial charge is 0.135 e. The Hall–Kier alpha value is -1.32. The molecule has 3 rings (SSSR count). The molecular formula is C14H13Cl2N3. The lowest BCUT2D eigenvalue weighted by atomic mass is 10.1. The highest BCUT2D eigenvalue weighted by Crippen LogP contribution is 2.39. The molecule has 0 atom stereocenters. The fraction of sp³-hybridized carbons (Fsp3) is 0.286. The molecule has 1 aliphatic rings. The number of aromatic nitrogens is 2. The average molecular weight is 294 g/mol. The van der Waals surface area contributed by atoms with Crippen molar-refractivity contribution in [1.82, 2.24) is 9.97 Å². The van der Waals surface area contributed by atoms with Crippen molar-refractivity contribution in [3.63, 3.8) is 0 Å². The third-order valence-electron chi connectivity index (χ3n) is 3.17. The van der Waals surface area contributed by atoms with Crippen LogP contribution in [0.3, 0.4) is 0 Å². The van der Waals surface area contributed by atoms with Gasteiger partial charge in [0.1, 0.15) is 11.6 Å². The number of nitrogen functional groups attached to an aromatic ring is 1. The molecule has 1 aromatic heterocycles. The van der Waals surface area contributed by atoms with Crippen LogP contribution in [0, 0.1) is 0 Å². The van der Waals surface area contributed by atoms with Crippen molar-refractivity contribution in [3.8, 4) is 0 Å². The molecule has 3 nitrogen and oxygen atoms in total. The second kappa shape index (κ2) is 4.99. The summed E-state index contributed by atoms with van der Waals surface area (Å²) in [6, 6.07) is 7.31. The second-order valence-electron chi connectivity index (χ2n) is 4.82. The van der Waals surface area contributed by atoms with Crippen LogP contribution in [-0.2, 0) is 6.42 Å². The molecule has 1 aliphatic carbocycles. The molecule has 2 N–H and O–H groups in total. The van der Waals surface area contributed by atoms with Gasteiger partial charge in [-0.15, -0.1) is 0 Å². The summed E-state index contributed by atoms with van der Waals surface area (Å²) < 4.78 is 0. The van der Waals surface area contributed by atoms with Crippen molar-refractivity contribution in [3.05, 3.63) is 51.4 Å². The van der Waals surface area contributed by atoms with Crippen molar-refractivity contribution in [1.29, 1.82) is 0 Å². The number of nitrogens with zero attached hydrogens (tertiary/aromatic N) is 2. The van der Waals surface area contributed by atoms with Crippen LogP contribution >= 0.6 is 23.2 Å². The Labute approximate surface area is 121 Å². The van der Waals surface area contributed by atoms with Crippen LogP contribution in [0.25, 0.3) is 0 Å². The number of anilines is 1. The topological polar surface area (TPSA) is 51.8 Å². The Morgan fingerprint density at radius 3 is 2.63 bits per heavy atom. The molecule has 19 heavy (non-hydrogen) atoms. The van der Waals surface area contributed by atoms with E-state index in [2.05, 4.69) is 9.97 Å². The fourth-order valence-electron chi connectivity index (χ4n) is 2.04. The first-order valence-corrected chi connectivity index (χ1v) is 6.94. The average Bonchev–Trinajstić information content (AvgIpc) is 3.16. The fourth-order valence-corrected chi connectivity index (χ4v) is 2.52. The summed E-state index contributed by atoms with van der Waals surface area (Å²) in [6.45, 7) is 0. The molecule has 0 unspecified atom stereocenters. The molecule has 1 aromatic carbocycles. The highest BCUT2D eigenvalue weighted by molar-refractivity contribution is 6.35. The van der Waals surface area contributed by atoms with Gasteiger partial charge < -0.3 is 5.73 Å². The van der Waals surface area contributed by atoms with E-state index in [1.54, 1.807) is 6.07 Å². The van der Waals surface area contributed by atoms with Crippen molar-refractivity contribution >= 4 is 29.0 Å². The zero-order valence-corrected chi connectivity index (χ0v) is 11.7. The van der Waals surface area contributed by atoms with Crippen molar-refractivity contribution in [2.75, 3.05) is 5.73 Å². The summed E-state index contributed by atoms with van der Waals surface area (Å²) in [4.78, 5) is 8.85. The monoisotopic (exact) mass is 293 g/mol. The first-order chi connectivity index (χ1) is 9.11. The quantitative estimate of drug-likeness (QED) is 0.935. The van der Waals surface area contributed by atoms with E-state index in [1.807, 2.05) is 18.2 Å². The van der Waals surface area contributed by atoms with Gasteiger partial charge in [-0.25, -0.2) is 9.97 Å². The molecule has 1 heterocycles. The number of benzene rings is 1. The third-order valence-corrected chi connectivity index (χ3v) is 3.76. The first kappa shape index (κ1) is 12.7. The van der Waals surface area contributed by atoms with Gasteiger partial charge in [-0.3, -0.25) is 0 Å². The standard InChI is InChI=1S/C14H13Cl2N3/c15-10-4-3-9(11(16)6-10)5-14-18-12(8-1-2-8)7-13(17)19-14/h3-4,6-8H,1-2,5H2,(H2,17,18,19). The molecular weight excluding hydrogens is 281 g/mol. The first-order valence-electron chi connectivity index (χ1n) is 6.19. The maximum Gasteiger partial charge on any atom is 0.135 e. The van der Waals surface area contributed by atoms with Gasteiger partial charge >= 0.3 is 0 Å². The minimum Gasteiger partial charge on any atom is -0.384 e. The lowest BCUT2D eigenvalue weighted by Gasteiger charge is -2.07. The normalized spacial score (nSPS) is 14.6. The molecule has 98 valence electrons. The minimum absolute atomic E-state index is 0.525. The van der Waals surface area contributed by atoms with Crippen LogP contribution < -0.4 is 5.73 Å². The van der Waals surface area contributed by atoms with Crippen LogP contribution in [0.1, 0.15) is 35.8 Å². The lowest BCUT2D eigenvalue weighted by molar-refractivity contribution is 0.905. The van der Waals surface area contributed by atoms with E-state index in [0.29, 0.717) is 34.0 Å². The van der Waals surface area contributed by atoms with Gasteiger partial charge in [-0.05, 0) is 30.5 Å². The largest absolute Gasteiger partial charge is 0.384 e. The van der Waals surface area contributed by atoms with E-state index in [0.717, 1.165) is 11.3 Å². The highest BCUT2D eigenvalue weighted by Gasteiger charge is 2.25. The molecule has 0 saturated heterocycles. The van der Waals surface area contributed by atoms with Crippen LogP contribution in [0.5, 0.6) is 0 Å². The Balaban J connectivity index is 1.89. The summed E-state index contributed by atoms with van der Waals surface area (Å²) in [7, 11) is 0. The van der Waals surface area contributed by atoms with Crippen LogP contribution in [0.4, 0.5) is 5.82 Å². The highest BCUT2D eigenvalue weighted by atomic mass is 35.5. The van der Waals surface area contributed by atoms with Crippen LogP contribution in [0.2, 0.25) is 10.0 Å². The van der Waals surface area contributed by atoms with Gasteiger partial charge in [0.05, 0.1) is 0 Å². The zero-order valence-electron chi connectivity index (χ0n) is 10.2. The van der Waals surface area contributed by atoms with Crippen LogP contribution in [-0.4, -0.2) is 9.97 Å². The molecule has 0 aliphatic heterocycles. The Morgan fingerprint density at radius 2 is 1.95 bits per heavy atom. The predicted octanol–water partition coefficient (Wildman–Crippen LogP) is 3.83. The third kappa shape index (κ3) is 2.99. The number of hydrogen-bond acceptors (Lipinski definition) is 3. The second-order valence-corrected chi connectivity index (χ2v) is 5.66. The maximum absolute atomic E-state index is 6.16. The number of nitrogens with two attached hydrogens (primary N) is 1. The van der Waals surface area contributed by atoms with E-state index in [-0.39, 0.29) is 0 Å². The maximum atomic E-state index is 6.16. The van der Waals surface area contributed by atoms with Gasteiger partial charge in [0.15, 0.2) is 0 Å². The lowest BCUT2D eigenvalue weighted by Crippen LogP contribution is -2.04. The summed E-state index contributed by atoms with van der Waals surface area (Å²) in [5.74, 6) is 1.80. The minimum atomic E-state index is 0.525. The molecule has 0 radical (unpaired) electrons. The molecule has 2 aromatic rings. The van der Waals surface area contributed by atoms with Crippen LogP contribution in [0.15, 0.2) is 24.3 Å². The van der Waals surface area contributed by atoms with Gasteiger partial charge in [-0.1, -0.05) is 29.3 Å². The summed E-state index contributed by atoms with van der Waals surface area (Å²) in [6.07, 6.45) is 2.95. The summed E-state index contributed by atoms with van der Waals surface area (Å²) in [5, 5.41) is 1.26. The SMILES string of the molecule is Nc1cc(C2CC2)nc(Cc2ccc(Cl)cc2Cl)n1. The number of rotatable bonds is 3. The number of halogens is 2. The van der Waals surface area contributed by atoms with E-state index in [1.165, 1.54) is 12.8 Å². The van der Waals surface area contributed by atoms with Crippen molar-refractivity contribution in [2.24, 2.45) is 0 Å². The molecule has 0 amide bonds. The van der Waals surface area contributed by atoms with E-state index < -0.39 is 0 Å². The Kier molecular flexibility index (Phi) is 3.33. The summed E-state index contributed by atoms with van der Waals surface area (Å²) in [5.41, 5.74) is 7.84. The molecule has 1 saturated carbocycles. The van der Waals surface area contributed by atoms with E-state index in [9.17, 15) is 0 Å². The Bertz CT molecular complexity index is 624. The molecule has 5 heteroatoms. The van der Waals surface area contributed by atoms with Crippen molar-refractivity contribution < 1.29 is 0 Å². The molecule has 0 bridgehead atoms. The van der Waals surface area contributed by atoms with Gasteiger partial charge in [-0.2, -0.15) is 0 Å². The predicted molar refractivity (Wildman–Crippen MR) is 77.7 cm³/mol. The Morgan fingerprint density at radius 1 is 1.16 bits per heavy atom. The van der Waals surface area contributed by atoms with Gasteiger partial charge in [0.2, 0.25) is 0 Å². The molecule has 0 spiro atoms. The zero-order chi connectivity index (χ0) is 13.4. The molecule has 1 fully saturated rings. The van der Waals surface area contributed by atoms with Crippen molar-refractivity contribution in [2.45, 2.75) is 25.2 Å². The number of hydrogen-bond donors (Lipinski definition) is 1.